The molecule has 2 rings (SSSR count). The summed E-state index contributed by atoms with van der Waals surface area (Å²) in [4.78, 5) is 4.44. The summed E-state index contributed by atoms with van der Waals surface area (Å²) in [7, 11) is 1.93. The summed E-state index contributed by atoms with van der Waals surface area (Å²) < 4.78 is 5.33. The molecule has 0 fully saturated rings. The quantitative estimate of drug-likeness (QED) is 0.929. The normalized spacial score (nSPS) is 13.4. The summed E-state index contributed by atoms with van der Waals surface area (Å²) in [6, 6.07) is 8.66. The van der Waals surface area contributed by atoms with Crippen LogP contribution in [0.1, 0.15) is 39.1 Å². The van der Waals surface area contributed by atoms with E-state index in [1.165, 1.54) is 5.56 Å². The van der Waals surface area contributed by atoms with E-state index in [0.717, 1.165) is 17.8 Å². The molecule has 0 amide bonds. The second-order valence-corrected chi connectivity index (χ2v) is 6.24. The monoisotopic (exact) mass is 273 g/mol. The van der Waals surface area contributed by atoms with Gasteiger partial charge in [-0.15, -0.1) is 0 Å². The Kier molecular flexibility index (Phi) is 4.23. The summed E-state index contributed by atoms with van der Waals surface area (Å²) in [5, 5.41) is 7.19. The Hall–Kier alpha value is -1.68. The zero-order chi connectivity index (χ0) is 14.8. The summed E-state index contributed by atoms with van der Waals surface area (Å²) in [6.07, 6.45) is 0.764. The molecule has 4 heteroatoms. The number of nitrogens with zero attached hydrogens (tertiary/aromatic N) is 2. The summed E-state index contributed by atoms with van der Waals surface area (Å²) >= 11 is 0. The van der Waals surface area contributed by atoms with Crippen molar-refractivity contribution >= 4 is 0 Å². The first kappa shape index (κ1) is 14.7. The van der Waals surface area contributed by atoms with Crippen LogP contribution >= 0.6 is 0 Å². The number of benzene rings is 1. The average molecular weight is 273 g/mol. The Labute approximate surface area is 120 Å². The van der Waals surface area contributed by atoms with Gasteiger partial charge < -0.3 is 9.84 Å². The maximum Gasteiger partial charge on any atom is 0.257 e. The number of likely N-dealkylation sites (N-methyl/N-ethyl adjacent to an activating group) is 1. The van der Waals surface area contributed by atoms with Gasteiger partial charge >= 0.3 is 0 Å². The van der Waals surface area contributed by atoms with E-state index in [1.54, 1.807) is 0 Å². The van der Waals surface area contributed by atoms with E-state index in [-0.39, 0.29) is 5.41 Å². The zero-order valence-corrected chi connectivity index (χ0v) is 12.9. The molecule has 0 aliphatic heterocycles. The van der Waals surface area contributed by atoms with E-state index in [1.807, 2.05) is 19.2 Å². The molecule has 1 aromatic heterocycles. The van der Waals surface area contributed by atoms with Crippen LogP contribution in [0.15, 0.2) is 28.8 Å². The van der Waals surface area contributed by atoms with Gasteiger partial charge in [0, 0.05) is 18.0 Å². The third-order valence-electron chi connectivity index (χ3n) is 3.45. The fourth-order valence-electron chi connectivity index (χ4n) is 1.94. The second-order valence-electron chi connectivity index (χ2n) is 6.24. The highest BCUT2D eigenvalue weighted by atomic mass is 16.5. The molecule has 1 N–H and O–H groups in total. The Bertz CT molecular complexity index is 552. The lowest BCUT2D eigenvalue weighted by Gasteiger charge is -2.18. The van der Waals surface area contributed by atoms with Gasteiger partial charge in [-0.05, 0) is 37.1 Å². The minimum absolute atomic E-state index is 0.154. The van der Waals surface area contributed by atoms with Crippen LogP contribution in [-0.4, -0.2) is 23.2 Å². The van der Waals surface area contributed by atoms with Crippen molar-refractivity contribution in [2.75, 3.05) is 7.05 Å². The van der Waals surface area contributed by atoms with Crippen LogP contribution in [0.3, 0.4) is 0 Å². The predicted octanol–water partition coefficient (Wildman–Crippen LogP) is 3.18. The van der Waals surface area contributed by atoms with Crippen LogP contribution in [0.25, 0.3) is 11.5 Å². The highest BCUT2D eigenvalue weighted by molar-refractivity contribution is 5.53. The van der Waals surface area contributed by atoms with E-state index in [0.29, 0.717) is 11.9 Å². The first-order valence-corrected chi connectivity index (χ1v) is 7.01. The Balaban J connectivity index is 2.16. The van der Waals surface area contributed by atoms with Gasteiger partial charge in [0.25, 0.3) is 5.89 Å². The minimum atomic E-state index is 0.154. The molecule has 20 heavy (non-hydrogen) atoms. The molecule has 2 aromatic rings. The van der Waals surface area contributed by atoms with E-state index < -0.39 is 0 Å². The molecule has 0 saturated carbocycles. The maximum absolute atomic E-state index is 5.33. The number of aromatic nitrogens is 2. The van der Waals surface area contributed by atoms with Crippen LogP contribution in [0.4, 0.5) is 0 Å². The molecule has 108 valence electrons. The van der Waals surface area contributed by atoms with Crippen molar-refractivity contribution in [2.45, 2.75) is 45.6 Å². The molecular weight excluding hydrogens is 250 g/mol. The van der Waals surface area contributed by atoms with E-state index in [2.05, 4.69) is 55.3 Å². The van der Waals surface area contributed by atoms with Gasteiger partial charge in [-0.2, -0.15) is 4.98 Å². The topological polar surface area (TPSA) is 51.0 Å². The van der Waals surface area contributed by atoms with Crippen LogP contribution in [0, 0.1) is 0 Å². The third kappa shape index (κ3) is 3.45. The van der Waals surface area contributed by atoms with Crippen LogP contribution in [0.2, 0.25) is 0 Å². The van der Waals surface area contributed by atoms with Crippen LogP contribution in [-0.2, 0) is 11.8 Å². The summed E-state index contributed by atoms with van der Waals surface area (Å²) in [5.74, 6) is 1.32. The van der Waals surface area contributed by atoms with Crippen molar-refractivity contribution in [2.24, 2.45) is 0 Å². The molecular formula is C16H23N3O. The number of nitrogens with one attached hydrogen (secondary N) is 1. The zero-order valence-electron chi connectivity index (χ0n) is 12.9. The van der Waals surface area contributed by atoms with Crippen molar-refractivity contribution in [3.63, 3.8) is 0 Å². The Morgan fingerprint density at radius 1 is 1.20 bits per heavy atom. The maximum atomic E-state index is 5.33. The van der Waals surface area contributed by atoms with Crippen LogP contribution < -0.4 is 5.32 Å². The SMILES string of the molecule is CNC(C)Cc1noc(-c2ccc(C(C)(C)C)cc2)n1. The fraction of sp³-hybridized carbons (Fsp3) is 0.500. The first-order valence-electron chi connectivity index (χ1n) is 7.01. The van der Waals surface area contributed by atoms with Gasteiger partial charge in [0.1, 0.15) is 0 Å². The molecule has 4 nitrogen and oxygen atoms in total. The second kappa shape index (κ2) is 5.75. The lowest BCUT2D eigenvalue weighted by molar-refractivity contribution is 0.418. The molecule has 0 aliphatic rings. The number of rotatable bonds is 4. The molecule has 0 radical (unpaired) electrons. The average Bonchev–Trinajstić information content (AvgIpc) is 2.86. The summed E-state index contributed by atoms with van der Waals surface area (Å²) in [6.45, 7) is 8.69. The number of hydrogen-bond donors (Lipinski definition) is 1. The van der Waals surface area contributed by atoms with Gasteiger partial charge in [-0.25, -0.2) is 0 Å². The highest BCUT2D eigenvalue weighted by Crippen LogP contribution is 2.25. The van der Waals surface area contributed by atoms with Crippen molar-refractivity contribution in [3.05, 3.63) is 35.7 Å². The minimum Gasteiger partial charge on any atom is -0.334 e. The molecule has 0 spiro atoms. The van der Waals surface area contributed by atoms with Crippen molar-refractivity contribution < 1.29 is 4.52 Å². The summed E-state index contributed by atoms with van der Waals surface area (Å²) in [5.41, 5.74) is 2.42. The lowest BCUT2D eigenvalue weighted by Crippen LogP contribution is -2.24. The van der Waals surface area contributed by atoms with Gasteiger partial charge in [0.15, 0.2) is 5.82 Å². The smallest absolute Gasteiger partial charge is 0.257 e. The van der Waals surface area contributed by atoms with Gasteiger partial charge in [-0.1, -0.05) is 38.1 Å². The predicted molar refractivity (Wildman–Crippen MR) is 80.7 cm³/mol. The largest absolute Gasteiger partial charge is 0.334 e. The van der Waals surface area contributed by atoms with Gasteiger partial charge in [0.05, 0.1) is 0 Å². The van der Waals surface area contributed by atoms with E-state index in [4.69, 9.17) is 4.52 Å². The molecule has 1 aromatic carbocycles. The number of hydrogen-bond acceptors (Lipinski definition) is 4. The first-order chi connectivity index (χ1) is 9.40. The van der Waals surface area contributed by atoms with Crippen molar-refractivity contribution in [1.82, 2.24) is 15.5 Å². The molecule has 0 bridgehead atoms. The van der Waals surface area contributed by atoms with Crippen molar-refractivity contribution in [3.8, 4) is 11.5 Å². The standard InChI is InChI=1S/C16H23N3O/c1-11(17-5)10-14-18-15(20-19-14)12-6-8-13(9-7-12)16(2,3)4/h6-9,11,17H,10H2,1-5H3. The van der Waals surface area contributed by atoms with Gasteiger partial charge in [-0.3, -0.25) is 0 Å². The third-order valence-corrected chi connectivity index (χ3v) is 3.45. The van der Waals surface area contributed by atoms with E-state index >= 15 is 0 Å². The molecule has 1 heterocycles. The molecule has 0 aliphatic carbocycles. The molecule has 1 atom stereocenters. The van der Waals surface area contributed by atoms with Crippen molar-refractivity contribution in [1.29, 1.82) is 0 Å². The fourth-order valence-corrected chi connectivity index (χ4v) is 1.94. The Morgan fingerprint density at radius 3 is 2.40 bits per heavy atom. The molecule has 1 unspecified atom stereocenters. The highest BCUT2D eigenvalue weighted by Gasteiger charge is 2.15. The Morgan fingerprint density at radius 2 is 1.85 bits per heavy atom. The van der Waals surface area contributed by atoms with Gasteiger partial charge in [0.2, 0.25) is 0 Å². The molecule has 0 saturated heterocycles. The lowest BCUT2D eigenvalue weighted by atomic mass is 9.87. The van der Waals surface area contributed by atoms with Crippen LogP contribution in [0.5, 0.6) is 0 Å². The van der Waals surface area contributed by atoms with E-state index in [9.17, 15) is 0 Å².